The minimum absolute atomic E-state index is 0. The summed E-state index contributed by atoms with van der Waals surface area (Å²) in [5, 5.41) is 3.75. The Morgan fingerprint density at radius 1 is 1.27 bits per heavy atom. The number of carbonyl (C=O) groups is 1. The second-order valence-electron chi connectivity index (χ2n) is 8.13. The van der Waals surface area contributed by atoms with Crippen molar-refractivity contribution >= 4 is 53.1 Å². The van der Waals surface area contributed by atoms with E-state index in [0.29, 0.717) is 23.4 Å². The maximum absolute atomic E-state index is 11.9. The normalized spacial score (nSPS) is 18.5. The van der Waals surface area contributed by atoms with Crippen molar-refractivity contribution < 1.29 is 14.3 Å². The number of piperidine rings is 1. The molecule has 1 N–H and O–H groups in total. The topological polar surface area (TPSA) is 79.8 Å². The first-order valence-electron chi connectivity index (χ1n) is 11.2. The Bertz CT molecular complexity index is 917. The van der Waals surface area contributed by atoms with Gasteiger partial charge in [-0.1, -0.05) is 11.6 Å². The summed E-state index contributed by atoms with van der Waals surface area (Å²) in [5.74, 6) is 1.07. The standard InChI is InChI=1S/C23H30ClN5O3.ClH/c1-3-31-22(30)16-10-12-29(13-11-16)18-8-6-17(7-9-18)26-23-25-15-19(24)21(27-23)28(2)20-5-4-14-32-20;/h6-9,15-16,20H,3-5,10-14H2,1-2H3,(H,25,26,27);1H. The quantitative estimate of drug-likeness (QED) is 0.556. The first kappa shape index (κ1) is 25.3. The summed E-state index contributed by atoms with van der Waals surface area (Å²) in [6.45, 7) is 4.73. The van der Waals surface area contributed by atoms with Crippen molar-refractivity contribution in [3.05, 3.63) is 35.5 Å². The first-order chi connectivity index (χ1) is 15.5. The number of nitrogens with zero attached hydrogens (tertiary/aromatic N) is 4. The lowest BCUT2D eigenvalue weighted by Crippen LogP contribution is -2.36. The highest BCUT2D eigenvalue weighted by Gasteiger charge is 2.26. The molecule has 2 saturated heterocycles. The molecule has 1 aromatic carbocycles. The number of aromatic nitrogens is 2. The largest absolute Gasteiger partial charge is 0.466 e. The maximum atomic E-state index is 11.9. The zero-order valence-electron chi connectivity index (χ0n) is 19.0. The Hall–Kier alpha value is -2.29. The summed E-state index contributed by atoms with van der Waals surface area (Å²) in [7, 11) is 1.94. The van der Waals surface area contributed by atoms with Gasteiger partial charge in [0, 0.05) is 38.1 Å². The van der Waals surface area contributed by atoms with Crippen LogP contribution in [0.3, 0.4) is 0 Å². The minimum atomic E-state index is -0.0702. The van der Waals surface area contributed by atoms with Gasteiger partial charge in [-0.25, -0.2) is 4.98 Å². The third kappa shape index (κ3) is 6.19. The number of hydrogen-bond donors (Lipinski definition) is 1. The first-order valence-corrected chi connectivity index (χ1v) is 11.6. The van der Waals surface area contributed by atoms with Crippen molar-refractivity contribution in [3.8, 4) is 0 Å². The third-order valence-corrected chi connectivity index (χ3v) is 6.27. The van der Waals surface area contributed by atoms with E-state index in [1.807, 2.05) is 31.0 Å². The monoisotopic (exact) mass is 495 g/mol. The molecule has 1 atom stereocenters. The maximum Gasteiger partial charge on any atom is 0.309 e. The molecular weight excluding hydrogens is 465 g/mol. The summed E-state index contributed by atoms with van der Waals surface area (Å²) < 4.78 is 10.9. The second kappa shape index (κ2) is 11.7. The Balaban J connectivity index is 0.00000306. The highest BCUT2D eigenvalue weighted by molar-refractivity contribution is 6.32. The van der Waals surface area contributed by atoms with E-state index in [1.165, 1.54) is 0 Å². The van der Waals surface area contributed by atoms with Crippen LogP contribution < -0.4 is 15.1 Å². The van der Waals surface area contributed by atoms with Crippen molar-refractivity contribution in [1.29, 1.82) is 0 Å². The van der Waals surface area contributed by atoms with Crippen LogP contribution in [0.2, 0.25) is 5.02 Å². The predicted octanol–water partition coefficient (Wildman–Crippen LogP) is 4.65. The molecule has 2 aliphatic rings. The van der Waals surface area contributed by atoms with Crippen LogP contribution in [0.1, 0.15) is 32.6 Å². The third-order valence-electron chi connectivity index (χ3n) is 6.00. The van der Waals surface area contributed by atoms with Gasteiger partial charge in [-0.3, -0.25) is 4.79 Å². The molecule has 0 spiro atoms. The van der Waals surface area contributed by atoms with Gasteiger partial charge in [0.15, 0.2) is 5.82 Å². The van der Waals surface area contributed by atoms with E-state index >= 15 is 0 Å². The fourth-order valence-electron chi connectivity index (χ4n) is 4.19. The Morgan fingerprint density at radius 2 is 2.00 bits per heavy atom. The van der Waals surface area contributed by atoms with E-state index in [1.54, 1.807) is 6.20 Å². The minimum Gasteiger partial charge on any atom is -0.466 e. The molecule has 2 aromatic rings. The van der Waals surface area contributed by atoms with E-state index in [2.05, 4.69) is 32.3 Å². The Kier molecular flexibility index (Phi) is 9.00. The van der Waals surface area contributed by atoms with E-state index in [-0.39, 0.29) is 30.5 Å². The fraction of sp³-hybridized carbons (Fsp3) is 0.522. The summed E-state index contributed by atoms with van der Waals surface area (Å²) in [4.78, 5) is 25.1. The van der Waals surface area contributed by atoms with Crippen LogP contribution in [-0.2, 0) is 14.3 Å². The zero-order chi connectivity index (χ0) is 22.5. The molecular formula is C23H31Cl2N5O3. The number of carbonyl (C=O) groups excluding carboxylic acids is 1. The number of halogens is 2. The molecule has 0 saturated carbocycles. The van der Waals surface area contributed by atoms with Crippen LogP contribution in [0.25, 0.3) is 0 Å². The highest BCUT2D eigenvalue weighted by atomic mass is 35.5. The molecule has 0 bridgehead atoms. The number of hydrogen-bond acceptors (Lipinski definition) is 8. The number of ether oxygens (including phenoxy) is 2. The fourth-order valence-corrected chi connectivity index (χ4v) is 4.41. The summed E-state index contributed by atoms with van der Waals surface area (Å²) in [6, 6.07) is 8.16. The molecule has 33 heavy (non-hydrogen) atoms. The van der Waals surface area contributed by atoms with E-state index < -0.39 is 0 Å². The van der Waals surface area contributed by atoms with E-state index in [0.717, 1.165) is 56.8 Å². The highest BCUT2D eigenvalue weighted by Crippen LogP contribution is 2.29. The van der Waals surface area contributed by atoms with Crippen molar-refractivity contribution in [2.45, 2.75) is 38.8 Å². The average Bonchev–Trinajstić information content (AvgIpc) is 3.36. The van der Waals surface area contributed by atoms with Crippen LogP contribution in [-0.4, -0.2) is 55.5 Å². The van der Waals surface area contributed by atoms with Gasteiger partial charge < -0.3 is 24.6 Å². The summed E-state index contributed by atoms with van der Waals surface area (Å²) >= 11 is 6.34. The molecule has 3 heterocycles. The summed E-state index contributed by atoms with van der Waals surface area (Å²) in [6.07, 6.45) is 5.23. The number of rotatable bonds is 7. The van der Waals surface area contributed by atoms with Crippen LogP contribution in [0.15, 0.2) is 30.5 Å². The van der Waals surface area contributed by atoms with E-state index in [9.17, 15) is 4.79 Å². The van der Waals surface area contributed by atoms with Crippen molar-refractivity contribution in [2.75, 3.05) is 48.5 Å². The SMILES string of the molecule is CCOC(=O)C1CCN(c2ccc(Nc3ncc(Cl)c(N(C)C4CCCO4)n3)cc2)CC1.Cl. The van der Waals surface area contributed by atoms with Crippen molar-refractivity contribution in [2.24, 2.45) is 5.92 Å². The number of esters is 1. The molecule has 8 nitrogen and oxygen atoms in total. The lowest BCUT2D eigenvalue weighted by molar-refractivity contribution is -0.148. The molecule has 0 aliphatic carbocycles. The van der Waals surface area contributed by atoms with Gasteiger partial charge in [0.1, 0.15) is 11.3 Å². The van der Waals surface area contributed by atoms with Gasteiger partial charge in [0.25, 0.3) is 0 Å². The van der Waals surface area contributed by atoms with Gasteiger partial charge in [0.05, 0.1) is 18.7 Å². The van der Waals surface area contributed by atoms with Gasteiger partial charge in [-0.05, 0) is 56.9 Å². The molecule has 2 fully saturated rings. The number of nitrogens with one attached hydrogen (secondary N) is 1. The molecule has 1 aromatic heterocycles. The molecule has 0 radical (unpaired) electrons. The molecule has 2 aliphatic heterocycles. The average molecular weight is 496 g/mol. The lowest BCUT2D eigenvalue weighted by Gasteiger charge is -2.32. The summed E-state index contributed by atoms with van der Waals surface area (Å²) in [5.41, 5.74) is 2.02. The van der Waals surface area contributed by atoms with Crippen molar-refractivity contribution in [3.63, 3.8) is 0 Å². The molecule has 180 valence electrons. The number of anilines is 4. The van der Waals surface area contributed by atoms with Crippen LogP contribution in [0, 0.1) is 5.92 Å². The Labute approximate surface area is 206 Å². The zero-order valence-corrected chi connectivity index (χ0v) is 20.6. The van der Waals surface area contributed by atoms with Gasteiger partial charge in [0.2, 0.25) is 5.95 Å². The molecule has 0 amide bonds. The Morgan fingerprint density at radius 3 is 2.64 bits per heavy atom. The van der Waals surface area contributed by atoms with Gasteiger partial charge in [-0.15, -0.1) is 12.4 Å². The van der Waals surface area contributed by atoms with Crippen LogP contribution in [0.4, 0.5) is 23.1 Å². The predicted molar refractivity (Wildman–Crippen MR) is 133 cm³/mol. The lowest BCUT2D eigenvalue weighted by atomic mass is 9.96. The number of benzene rings is 1. The smallest absolute Gasteiger partial charge is 0.309 e. The second-order valence-corrected chi connectivity index (χ2v) is 8.54. The van der Waals surface area contributed by atoms with Gasteiger partial charge in [-0.2, -0.15) is 4.98 Å². The van der Waals surface area contributed by atoms with Crippen molar-refractivity contribution in [1.82, 2.24) is 9.97 Å². The van der Waals surface area contributed by atoms with Crippen LogP contribution in [0.5, 0.6) is 0 Å². The van der Waals surface area contributed by atoms with Gasteiger partial charge >= 0.3 is 5.97 Å². The van der Waals surface area contributed by atoms with E-state index in [4.69, 9.17) is 21.1 Å². The molecule has 10 heteroatoms. The molecule has 4 rings (SSSR count). The van der Waals surface area contributed by atoms with Crippen LogP contribution >= 0.6 is 24.0 Å². The molecule has 1 unspecified atom stereocenters.